The zero-order chi connectivity index (χ0) is 23.4. The number of anilines is 1. The fourth-order valence-electron chi connectivity index (χ4n) is 3.49. The van der Waals surface area contributed by atoms with E-state index in [4.69, 9.17) is 9.72 Å². The van der Waals surface area contributed by atoms with Gasteiger partial charge >= 0.3 is 5.97 Å². The minimum absolute atomic E-state index is 0.0894. The number of carbonyl (C=O) groups excluding carboxylic acids is 1. The van der Waals surface area contributed by atoms with E-state index in [1.54, 1.807) is 13.0 Å². The maximum absolute atomic E-state index is 11.4. The predicted molar refractivity (Wildman–Crippen MR) is 124 cm³/mol. The van der Waals surface area contributed by atoms with Crippen molar-refractivity contribution in [3.63, 3.8) is 0 Å². The topological polar surface area (TPSA) is 117 Å². The number of hydrogen-bond donors (Lipinski definition) is 3. The molecule has 0 radical (unpaired) electrons. The van der Waals surface area contributed by atoms with Gasteiger partial charge in [0.2, 0.25) is 5.62 Å². The Balaban J connectivity index is 2.13. The molecule has 9 nitrogen and oxygen atoms in total. The number of nitrogens with one attached hydrogen (secondary N) is 2. The van der Waals surface area contributed by atoms with E-state index >= 15 is 0 Å². The maximum atomic E-state index is 11.4. The number of nitrogens with zero attached hydrogens (tertiary/aromatic N) is 4. The zero-order valence-electron chi connectivity index (χ0n) is 19.5. The van der Waals surface area contributed by atoms with E-state index in [2.05, 4.69) is 52.8 Å². The van der Waals surface area contributed by atoms with Gasteiger partial charge in [0.1, 0.15) is 5.75 Å². The van der Waals surface area contributed by atoms with Crippen LogP contribution >= 0.6 is 0 Å². The van der Waals surface area contributed by atoms with Crippen LogP contribution in [0.5, 0.6) is 5.75 Å². The van der Waals surface area contributed by atoms with E-state index in [9.17, 15) is 9.90 Å². The van der Waals surface area contributed by atoms with Gasteiger partial charge in [0.05, 0.1) is 23.9 Å². The molecule has 1 atom stereocenters. The number of rotatable bonds is 8. The number of carbonyl (C=O) groups is 1. The summed E-state index contributed by atoms with van der Waals surface area (Å²) in [5.41, 5.74) is 3.98. The summed E-state index contributed by atoms with van der Waals surface area (Å²) >= 11 is 0. The highest BCUT2D eigenvalue weighted by Gasteiger charge is 2.20. The summed E-state index contributed by atoms with van der Waals surface area (Å²) in [5, 5.41) is 20.8. The van der Waals surface area contributed by atoms with Crippen LogP contribution in [0, 0.1) is 0 Å². The van der Waals surface area contributed by atoms with Crippen molar-refractivity contribution >= 4 is 22.8 Å². The van der Waals surface area contributed by atoms with Crippen LogP contribution in [0.25, 0.3) is 11.0 Å². The molecule has 1 aromatic carbocycles. The first-order valence-electron chi connectivity index (χ1n) is 10.9. The molecular formula is C23H32N6O3. The number of aromatic nitrogens is 4. The molecule has 1 unspecified atom stereocenters. The Morgan fingerprint density at radius 2 is 1.97 bits per heavy atom. The highest BCUT2D eigenvalue weighted by Crippen LogP contribution is 2.28. The van der Waals surface area contributed by atoms with Gasteiger partial charge in [-0.3, -0.25) is 9.89 Å². The number of para-hydroxylation sites is 1. The van der Waals surface area contributed by atoms with Crippen LogP contribution in [0.2, 0.25) is 0 Å². The summed E-state index contributed by atoms with van der Waals surface area (Å²) in [6.45, 7) is 12.1. The normalized spacial score (nSPS) is 13.2. The zero-order valence-corrected chi connectivity index (χ0v) is 19.5. The van der Waals surface area contributed by atoms with E-state index in [1.165, 1.54) is 6.92 Å². The van der Waals surface area contributed by atoms with Crippen LogP contribution in [-0.4, -0.2) is 43.5 Å². The third-order valence-corrected chi connectivity index (χ3v) is 4.92. The van der Waals surface area contributed by atoms with Gasteiger partial charge in [-0.25, -0.2) is 4.99 Å². The molecule has 3 rings (SSSR count). The lowest BCUT2D eigenvalue weighted by Gasteiger charge is -2.18. The molecule has 32 heavy (non-hydrogen) atoms. The first-order chi connectivity index (χ1) is 15.2. The Hall–Kier alpha value is -3.20. The van der Waals surface area contributed by atoms with Crippen LogP contribution in [-0.2, 0) is 11.3 Å². The minimum atomic E-state index is -0.575. The van der Waals surface area contributed by atoms with Gasteiger partial charge < -0.3 is 19.7 Å². The highest BCUT2D eigenvalue weighted by atomic mass is 16.5. The van der Waals surface area contributed by atoms with Gasteiger partial charge in [-0.05, 0) is 32.8 Å². The van der Waals surface area contributed by atoms with Crippen LogP contribution in [0.3, 0.4) is 0 Å². The number of aliphatic hydroxyl groups is 1. The lowest BCUT2D eigenvalue weighted by Crippen LogP contribution is -2.29. The van der Waals surface area contributed by atoms with Gasteiger partial charge in [0.25, 0.3) is 0 Å². The van der Waals surface area contributed by atoms with Gasteiger partial charge in [0, 0.05) is 25.1 Å². The number of benzene rings is 1. The fraction of sp³-hybridized carbons (Fsp3) is 0.478. The first kappa shape index (κ1) is 23.5. The van der Waals surface area contributed by atoms with Crippen LogP contribution in [0.4, 0.5) is 5.82 Å². The van der Waals surface area contributed by atoms with Gasteiger partial charge in [-0.15, -0.1) is 0 Å². The van der Waals surface area contributed by atoms with Crippen molar-refractivity contribution in [2.75, 3.05) is 11.9 Å². The van der Waals surface area contributed by atoms with E-state index < -0.39 is 6.10 Å². The van der Waals surface area contributed by atoms with Crippen molar-refractivity contribution in [1.29, 1.82) is 0 Å². The maximum Gasteiger partial charge on any atom is 0.308 e. The number of hydrogen-bond acceptors (Lipinski definition) is 7. The molecule has 0 aliphatic carbocycles. The molecule has 0 aliphatic rings. The number of esters is 1. The van der Waals surface area contributed by atoms with E-state index in [0.29, 0.717) is 29.2 Å². The quantitative estimate of drug-likeness (QED) is 0.365. The smallest absolute Gasteiger partial charge is 0.308 e. The second-order valence-electron chi connectivity index (χ2n) is 8.46. The van der Waals surface area contributed by atoms with Gasteiger partial charge in [0.15, 0.2) is 11.3 Å². The monoisotopic (exact) mass is 440 g/mol. The van der Waals surface area contributed by atoms with Crippen molar-refractivity contribution in [1.82, 2.24) is 19.7 Å². The third-order valence-electron chi connectivity index (χ3n) is 4.92. The van der Waals surface area contributed by atoms with E-state index in [1.807, 2.05) is 18.2 Å². The highest BCUT2D eigenvalue weighted by molar-refractivity contribution is 5.87. The molecule has 0 spiro atoms. The van der Waals surface area contributed by atoms with Crippen molar-refractivity contribution < 1.29 is 14.6 Å². The Morgan fingerprint density at radius 1 is 1.25 bits per heavy atom. The molecule has 0 aliphatic heterocycles. The Morgan fingerprint density at radius 3 is 2.59 bits per heavy atom. The SMILES string of the molecule is CC(=O)Oc1ccccc1CNc1nc(=NCC(C)O)n(C(C)C)c2c(C(C)C)[nH]nc12. The van der Waals surface area contributed by atoms with Crippen LogP contribution in [0.1, 0.15) is 64.8 Å². The molecule has 0 saturated carbocycles. The number of fused-ring (bicyclic) bond motifs is 1. The summed E-state index contributed by atoms with van der Waals surface area (Å²) in [4.78, 5) is 20.8. The van der Waals surface area contributed by atoms with Crippen molar-refractivity contribution in [2.45, 2.75) is 66.2 Å². The summed E-state index contributed by atoms with van der Waals surface area (Å²) in [6, 6.07) is 7.45. The lowest BCUT2D eigenvalue weighted by atomic mass is 10.1. The third kappa shape index (κ3) is 5.16. The molecule has 9 heteroatoms. The fourth-order valence-corrected chi connectivity index (χ4v) is 3.49. The second kappa shape index (κ2) is 9.95. The van der Waals surface area contributed by atoms with Crippen molar-refractivity contribution in [3.8, 4) is 5.75 Å². The molecule has 3 aromatic rings. The number of ether oxygens (including phenoxy) is 1. The summed E-state index contributed by atoms with van der Waals surface area (Å²) < 4.78 is 7.37. The molecule has 0 amide bonds. The first-order valence-corrected chi connectivity index (χ1v) is 10.9. The second-order valence-corrected chi connectivity index (χ2v) is 8.46. The number of aliphatic hydroxyl groups excluding tert-OH is 1. The van der Waals surface area contributed by atoms with E-state index in [-0.39, 0.29) is 24.5 Å². The summed E-state index contributed by atoms with van der Waals surface area (Å²) in [5.74, 6) is 0.918. The molecule has 0 bridgehead atoms. The standard InChI is InChI=1S/C23H32N6O3/c1-13(2)19-21-20(28-27-19)22(26-23(25-11-15(5)30)29(21)14(3)4)24-12-17-9-7-8-10-18(17)32-16(6)31/h7-10,13-15,30H,11-12H2,1-6H3,(H,27,28)(H,24,25,26). The Kier molecular flexibility index (Phi) is 7.29. The molecular weight excluding hydrogens is 408 g/mol. The largest absolute Gasteiger partial charge is 0.426 e. The summed E-state index contributed by atoms with van der Waals surface area (Å²) in [7, 11) is 0. The van der Waals surface area contributed by atoms with Crippen LogP contribution in [0.15, 0.2) is 29.3 Å². The number of H-pyrrole nitrogens is 1. The molecule has 2 heterocycles. The molecule has 172 valence electrons. The Bertz CT molecular complexity index is 1160. The Labute approximate surface area is 187 Å². The molecule has 3 N–H and O–H groups in total. The molecule has 0 fully saturated rings. The van der Waals surface area contributed by atoms with Gasteiger partial charge in [-0.1, -0.05) is 32.0 Å². The van der Waals surface area contributed by atoms with Crippen LogP contribution < -0.4 is 15.7 Å². The number of aromatic amines is 1. The average Bonchev–Trinajstić information content (AvgIpc) is 3.15. The van der Waals surface area contributed by atoms with Crippen molar-refractivity contribution in [3.05, 3.63) is 41.1 Å². The van der Waals surface area contributed by atoms with Crippen molar-refractivity contribution in [2.24, 2.45) is 4.99 Å². The average molecular weight is 441 g/mol. The van der Waals surface area contributed by atoms with E-state index in [0.717, 1.165) is 16.8 Å². The molecule has 2 aromatic heterocycles. The predicted octanol–water partition coefficient (Wildman–Crippen LogP) is 3.28. The lowest BCUT2D eigenvalue weighted by molar-refractivity contribution is -0.131. The van der Waals surface area contributed by atoms with Gasteiger partial charge in [-0.2, -0.15) is 10.1 Å². The minimum Gasteiger partial charge on any atom is -0.426 e. The summed E-state index contributed by atoms with van der Waals surface area (Å²) in [6.07, 6.45) is -0.575. The molecule has 0 saturated heterocycles.